The van der Waals surface area contributed by atoms with Crippen LogP contribution < -0.4 is 11.1 Å². The Labute approximate surface area is 109 Å². The van der Waals surface area contributed by atoms with E-state index in [1.54, 1.807) is 6.07 Å². The molecule has 0 amide bonds. The van der Waals surface area contributed by atoms with E-state index in [1.165, 1.54) is 25.3 Å². The third-order valence-corrected chi connectivity index (χ3v) is 4.28. The highest BCUT2D eigenvalue weighted by Gasteiger charge is 2.40. The van der Waals surface area contributed by atoms with Crippen molar-refractivity contribution in [2.45, 2.75) is 26.2 Å². The Kier molecular flexibility index (Phi) is 3.28. The fourth-order valence-electron chi connectivity index (χ4n) is 1.83. The molecule has 88 valence electrons. The molecule has 1 aromatic carbocycles. The van der Waals surface area contributed by atoms with Crippen LogP contribution >= 0.6 is 22.6 Å². The monoisotopic (exact) mass is 334 g/mol. The number of nitrogens with two attached hydrogens (primary N) is 1. The maximum atomic E-state index is 13.4. The number of nitrogens with one attached hydrogen (secondary N) is 1. The molecule has 0 radical (unpaired) electrons. The van der Waals surface area contributed by atoms with E-state index >= 15 is 0 Å². The number of halogens is 2. The average molecular weight is 334 g/mol. The van der Waals surface area contributed by atoms with Crippen LogP contribution in [0.3, 0.4) is 0 Å². The molecule has 3 N–H and O–H groups in total. The van der Waals surface area contributed by atoms with Crippen molar-refractivity contribution in [1.82, 2.24) is 0 Å². The Morgan fingerprint density at radius 2 is 2.19 bits per heavy atom. The minimum atomic E-state index is -0.210. The number of hydrogen-bond acceptors (Lipinski definition) is 2. The molecule has 0 aromatic heterocycles. The smallest absolute Gasteiger partial charge is 0.138 e. The molecule has 2 nitrogen and oxygen atoms in total. The maximum Gasteiger partial charge on any atom is 0.138 e. The molecule has 4 heteroatoms. The van der Waals surface area contributed by atoms with Crippen molar-refractivity contribution in [1.29, 1.82) is 0 Å². The van der Waals surface area contributed by atoms with Crippen LogP contribution in [0.1, 0.15) is 26.2 Å². The van der Waals surface area contributed by atoms with E-state index in [2.05, 4.69) is 12.2 Å². The average Bonchev–Trinajstić information content (AvgIpc) is 3.02. The lowest BCUT2D eigenvalue weighted by Crippen LogP contribution is -2.15. The largest absolute Gasteiger partial charge is 0.397 e. The highest BCUT2D eigenvalue weighted by Crippen LogP contribution is 2.48. The maximum absolute atomic E-state index is 13.4. The Bertz CT molecular complexity index is 402. The first-order valence-corrected chi connectivity index (χ1v) is 6.62. The summed E-state index contributed by atoms with van der Waals surface area (Å²) in [6.07, 6.45) is 3.71. The summed E-state index contributed by atoms with van der Waals surface area (Å²) in [6.45, 7) is 3.10. The zero-order valence-electron chi connectivity index (χ0n) is 9.32. The molecule has 0 heterocycles. The van der Waals surface area contributed by atoms with Gasteiger partial charge >= 0.3 is 0 Å². The minimum Gasteiger partial charge on any atom is -0.397 e. The van der Waals surface area contributed by atoms with E-state index in [0.717, 1.165) is 12.2 Å². The molecular weight excluding hydrogens is 318 g/mol. The van der Waals surface area contributed by atoms with Crippen LogP contribution in [0.4, 0.5) is 15.8 Å². The number of rotatable bonds is 4. The first kappa shape index (κ1) is 12.0. The van der Waals surface area contributed by atoms with Crippen molar-refractivity contribution >= 4 is 34.0 Å². The normalized spacial score (nSPS) is 17.2. The van der Waals surface area contributed by atoms with E-state index in [4.69, 9.17) is 5.73 Å². The van der Waals surface area contributed by atoms with Crippen molar-refractivity contribution in [2.75, 3.05) is 17.6 Å². The van der Waals surface area contributed by atoms with Gasteiger partial charge in [0, 0.05) is 12.6 Å². The van der Waals surface area contributed by atoms with Gasteiger partial charge in [-0.3, -0.25) is 0 Å². The fourth-order valence-corrected chi connectivity index (χ4v) is 2.32. The molecular formula is C12H16FIN2. The molecule has 0 bridgehead atoms. The predicted octanol–water partition coefficient (Wildman–Crippen LogP) is 3.61. The Morgan fingerprint density at radius 3 is 2.75 bits per heavy atom. The van der Waals surface area contributed by atoms with E-state index < -0.39 is 0 Å². The van der Waals surface area contributed by atoms with Gasteiger partial charge in [-0.1, -0.05) is 6.92 Å². The van der Waals surface area contributed by atoms with Crippen LogP contribution in [0.15, 0.2) is 12.1 Å². The molecule has 1 fully saturated rings. The molecule has 1 aliphatic carbocycles. The van der Waals surface area contributed by atoms with Gasteiger partial charge in [0.25, 0.3) is 0 Å². The fraction of sp³-hybridized carbons (Fsp3) is 0.500. The molecule has 0 atom stereocenters. The van der Waals surface area contributed by atoms with Gasteiger partial charge in [-0.25, -0.2) is 4.39 Å². The van der Waals surface area contributed by atoms with E-state index in [0.29, 0.717) is 14.7 Å². The zero-order chi connectivity index (χ0) is 11.8. The second-order valence-corrected chi connectivity index (χ2v) is 5.72. The van der Waals surface area contributed by atoms with Crippen molar-refractivity contribution < 1.29 is 4.39 Å². The van der Waals surface area contributed by atoms with Crippen molar-refractivity contribution in [3.05, 3.63) is 21.5 Å². The summed E-state index contributed by atoms with van der Waals surface area (Å²) < 4.78 is 13.9. The summed E-state index contributed by atoms with van der Waals surface area (Å²) in [5, 5.41) is 3.27. The quantitative estimate of drug-likeness (QED) is 0.652. The second-order valence-electron chi connectivity index (χ2n) is 4.56. The number of anilines is 2. The van der Waals surface area contributed by atoms with Crippen molar-refractivity contribution in [3.63, 3.8) is 0 Å². The molecule has 1 aromatic rings. The van der Waals surface area contributed by atoms with Crippen molar-refractivity contribution in [2.24, 2.45) is 5.41 Å². The number of nitrogen functional groups attached to an aromatic ring is 1. The zero-order valence-corrected chi connectivity index (χ0v) is 11.5. The van der Waals surface area contributed by atoms with Crippen LogP contribution in [0.5, 0.6) is 0 Å². The summed E-state index contributed by atoms with van der Waals surface area (Å²) in [6, 6.07) is 3.16. The van der Waals surface area contributed by atoms with Gasteiger partial charge in [0.05, 0.1) is 14.9 Å². The summed E-state index contributed by atoms with van der Waals surface area (Å²) in [5.41, 5.74) is 7.63. The predicted molar refractivity (Wildman–Crippen MR) is 74.0 cm³/mol. The molecule has 16 heavy (non-hydrogen) atoms. The molecule has 0 unspecified atom stereocenters. The molecule has 2 rings (SSSR count). The summed E-state index contributed by atoms with van der Waals surface area (Å²) in [4.78, 5) is 0. The molecule has 1 saturated carbocycles. The van der Waals surface area contributed by atoms with Gasteiger partial charge in [-0.2, -0.15) is 0 Å². The van der Waals surface area contributed by atoms with Crippen LogP contribution in [0, 0.1) is 14.8 Å². The Balaban J connectivity index is 2.07. The lowest BCUT2D eigenvalue weighted by atomic mass is 10.0. The lowest BCUT2D eigenvalue weighted by Gasteiger charge is -2.16. The number of benzene rings is 1. The molecule has 0 spiro atoms. The summed E-state index contributed by atoms with van der Waals surface area (Å²) in [5.74, 6) is -0.210. The third-order valence-electron chi connectivity index (χ3n) is 3.45. The topological polar surface area (TPSA) is 38.0 Å². The summed E-state index contributed by atoms with van der Waals surface area (Å²) >= 11 is 1.95. The Hall–Kier alpha value is -0.520. The van der Waals surface area contributed by atoms with E-state index in [9.17, 15) is 4.39 Å². The van der Waals surface area contributed by atoms with Crippen LogP contribution in [0.25, 0.3) is 0 Å². The van der Waals surface area contributed by atoms with E-state index in [-0.39, 0.29) is 5.82 Å². The lowest BCUT2D eigenvalue weighted by molar-refractivity contribution is 0.521. The highest BCUT2D eigenvalue weighted by atomic mass is 127. The van der Waals surface area contributed by atoms with Crippen LogP contribution in [-0.2, 0) is 0 Å². The van der Waals surface area contributed by atoms with Gasteiger partial charge in [-0.05, 0) is 53.3 Å². The van der Waals surface area contributed by atoms with Crippen LogP contribution in [-0.4, -0.2) is 6.54 Å². The van der Waals surface area contributed by atoms with Gasteiger partial charge in [0.2, 0.25) is 0 Å². The summed E-state index contributed by atoms with van der Waals surface area (Å²) in [7, 11) is 0. The molecule has 0 saturated heterocycles. The Morgan fingerprint density at radius 1 is 1.50 bits per heavy atom. The second kappa shape index (κ2) is 4.39. The van der Waals surface area contributed by atoms with Crippen molar-refractivity contribution in [3.8, 4) is 0 Å². The van der Waals surface area contributed by atoms with Crippen LogP contribution in [0.2, 0.25) is 0 Å². The van der Waals surface area contributed by atoms with Gasteiger partial charge in [0.15, 0.2) is 0 Å². The molecule has 0 aliphatic heterocycles. The first-order valence-electron chi connectivity index (χ1n) is 5.55. The standard InChI is InChI=1S/C12H16FIN2/c1-2-12(3-4-12)7-16-11-5-8(13)9(14)6-10(11)15/h5-6,16H,2-4,7,15H2,1H3. The first-order chi connectivity index (χ1) is 7.56. The van der Waals surface area contributed by atoms with Gasteiger partial charge in [0.1, 0.15) is 5.82 Å². The van der Waals surface area contributed by atoms with E-state index in [1.807, 2.05) is 22.6 Å². The molecule has 1 aliphatic rings. The number of hydrogen-bond donors (Lipinski definition) is 2. The third kappa shape index (κ3) is 2.42. The minimum absolute atomic E-state index is 0.210. The SMILES string of the molecule is CCC1(CNc2cc(F)c(I)cc2N)CC1. The van der Waals surface area contributed by atoms with Gasteiger partial charge < -0.3 is 11.1 Å². The highest BCUT2D eigenvalue weighted by molar-refractivity contribution is 14.1. The van der Waals surface area contributed by atoms with Gasteiger partial charge in [-0.15, -0.1) is 0 Å².